The van der Waals surface area contributed by atoms with E-state index in [9.17, 15) is 9.18 Å². The maximum absolute atomic E-state index is 13.0. The van der Waals surface area contributed by atoms with Crippen molar-refractivity contribution in [2.24, 2.45) is 0 Å². The van der Waals surface area contributed by atoms with Gasteiger partial charge in [-0.25, -0.2) is 9.18 Å². The first-order valence-electron chi connectivity index (χ1n) is 8.68. The topological polar surface area (TPSA) is 56.9 Å². The van der Waals surface area contributed by atoms with Crippen molar-refractivity contribution in [1.82, 2.24) is 4.90 Å². The van der Waals surface area contributed by atoms with Gasteiger partial charge in [-0.3, -0.25) is 4.90 Å². The Morgan fingerprint density at radius 3 is 2.48 bits per heavy atom. The number of rotatable bonds is 4. The van der Waals surface area contributed by atoms with Crippen LogP contribution >= 0.6 is 15.9 Å². The van der Waals surface area contributed by atoms with Crippen molar-refractivity contribution >= 4 is 38.6 Å². The molecular formula is C20H18BrFN2O3. The van der Waals surface area contributed by atoms with E-state index in [-0.39, 0.29) is 11.6 Å². The van der Waals surface area contributed by atoms with Gasteiger partial charge in [0.25, 0.3) is 0 Å². The zero-order valence-electron chi connectivity index (χ0n) is 14.5. The number of piperazine rings is 1. The van der Waals surface area contributed by atoms with Crippen LogP contribution < -0.4 is 4.90 Å². The first-order chi connectivity index (χ1) is 13.0. The minimum Gasteiger partial charge on any atom is -0.475 e. The highest BCUT2D eigenvalue weighted by atomic mass is 79.9. The second-order valence-electron chi connectivity index (χ2n) is 6.62. The largest absolute Gasteiger partial charge is 0.475 e. The lowest BCUT2D eigenvalue weighted by atomic mass is 10.1. The van der Waals surface area contributed by atoms with Crippen molar-refractivity contribution in [1.29, 1.82) is 0 Å². The average Bonchev–Trinajstić information content (AvgIpc) is 3.11. The zero-order valence-corrected chi connectivity index (χ0v) is 16.1. The van der Waals surface area contributed by atoms with E-state index >= 15 is 0 Å². The molecule has 3 aromatic rings. The summed E-state index contributed by atoms with van der Waals surface area (Å²) < 4.78 is 19.2. The van der Waals surface area contributed by atoms with Crippen LogP contribution in [0.5, 0.6) is 0 Å². The van der Waals surface area contributed by atoms with E-state index in [0.29, 0.717) is 5.58 Å². The third-order valence-electron chi connectivity index (χ3n) is 4.86. The van der Waals surface area contributed by atoms with Crippen LogP contribution in [-0.4, -0.2) is 42.2 Å². The summed E-state index contributed by atoms with van der Waals surface area (Å²) >= 11 is 3.61. The molecule has 1 aliphatic heterocycles. The molecule has 27 heavy (non-hydrogen) atoms. The molecule has 2 aromatic carbocycles. The van der Waals surface area contributed by atoms with Crippen molar-refractivity contribution in [3.05, 3.63) is 64.1 Å². The number of furan rings is 1. The lowest BCUT2D eigenvalue weighted by Gasteiger charge is -2.36. The summed E-state index contributed by atoms with van der Waals surface area (Å²) in [4.78, 5) is 15.7. The second-order valence-corrected chi connectivity index (χ2v) is 7.41. The van der Waals surface area contributed by atoms with Gasteiger partial charge in [-0.1, -0.05) is 12.1 Å². The highest BCUT2D eigenvalue weighted by Gasteiger charge is 2.21. The normalized spacial score (nSPS) is 15.4. The molecule has 1 aliphatic rings. The third kappa shape index (κ3) is 3.70. The minimum atomic E-state index is -1.07. The fraction of sp³-hybridized carbons (Fsp3) is 0.250. The molecule has 5 nitrogen and oxygen atoms in total. The van der Waals surface area contributed by atoms with Crippen molar-refractivity contribution in [3.8, 4) is 0 Å². The Morgan fingerprint density at radius 2 is 1.81 bits per heavy atom. The molecule has 0 radical (unpaired) electrons. The lowest BCUT2D eigenvalue weighted by Crippen LogP contribution is -2.46. The number of fused-ring (bicyclic) bond motifs is 1. The summed E-state index contributed by atoms with van der Waals surface area (Å²) in [6.45, 7) is 4.31. The van der Waals surface area contributed by atoms with Crippen molar-refractivity contribution < 1.29 is 18.7 Å². The minimum absolute atomic E-state index is 0.0630. The van der Waals surface area contributed by atoms with Crippen molar-refractivity contribution in [2.75, 3.05) is 31.1 Å². The van der Waals surface area contributed by atoms with E-state index < -0.39 is 5.97 Å². The van der Waals surface area contributed by atoms with Crippen LogP contribution in [0.2, 0.25) is 0 Å². The van der Waals surface area contributed by atoms with E-state index in [0.717, 1.165) is 53.8 Å². The van der Waals surface area contributed by atoms with Crippen LogP contribution in [0.25, 0.3) is 11.0 Å². The molecule has 0 aliphatic carbocycles. The Bertz CT molecular complexity index is 979. The third-order valence-corrected chi connectivity index (χ3v) is 5.69. The van der Waals surface area contributed by atoms with Crippen LogP contribution in [0, 0.1) is 5.82 Å². The number of benzene rings is 2. The van der Waals surface area contributed by atoms with E-state index in [1.165, 1.54) is 12.1 Å². The summed E-state index contributed by atoms with van der Waals surface area (Å²) in [7, 11) is 0. The van der Waals surface area contributed by atoms with Crippen LogP contribution in [0.1, 0.15) is 16.1 Å². The van der Waals surface area contributed by atoms with E-state index in [1.54, 1.807) is 6.07 Å². The Kier molecular flexibility index (Phi) is 4.88. The van der Waals surface area contributed by atoms with Crippen LogP contribution in [0.4, 0.5) is 10.1 Å². The summed E-state index contributed by atoms with van der Waals surface area (Å²) in [5.74, 6) is -1.35. The highest BCUT2D eigenvalue weighted by Crippen LogP contribution is 2.36. The van der Waals surface area contributed by atoms with E-state index in [2.05, 4.69) is 25.7 Å². The van der Waals surface area contributed by atoms with E-state index in [1.807, 2.05) is 24.3 Å². The number of carboxylic acids is 1. The first-order valence-corrected chi connectivity index (χ1v) is 9.47. The standard InChI is InChI=1S/C20H18BrFN2O3/c21-19-15-11-18(20(25)26)27-17(15)6-5-16(19)24-9-7-23(8-10-24)12-13-1-3-14(22)4-2-13/h1-6,11H,7-10,12H2,(H,25,26). The summed E-state index contributed by atoms with van der Waals surface area (Å²) in [6, 6.07) is 12.0. The van der Waals surface area contributed by atoms with Gasteiger partial charge in [0.2, 0.25) is 5.76 Å². The predicted molar refractivity (Wildman–Crippen MR) is 105 cm³/mol. The van der Waals surface area contributed by atoms with Gasteiger partial charge in [-0.15, -0.1) is 0 Å². The quantitative estimate of drug-likeness (QED) is 0.663. The second kappa shape index (κ2) is 7.32. The number of carboxylic acid groups (broad SMARTS) is 1. The van der Waals surface area contributed by atoms with Gasteiger partial charge in [-0.2, -0.15) is 0 Å². The Labute approximate surface area is 164 Å². The number of anilines is 1. The number of hydrogen-bond acceptors (Lipinski definition) is 4. The van der Waals surface area contributed by atoms with Gasteiger partial charge >= 0.3 is 5.97 Å². The lowest BCUT2D eigenvalue weighted by molar-refractivity contribution is 0.0665. The number of hydrogen-bond donors (Lipinski definition) is 1. The molecule has 1 N–H and O–H groups in total. The molecule has 1 saturated heterocycles. The number of carbonyl (C=O) groups is 1. The molecule has 1 fully saturated rings. The molecule has 7 heteroatoms. The Hall–Kier alpha value is -2.38. The Balaban J connectivity index is 1.46. The van der Waals surface area contributed by atoms with E-state index in [4.69, 9.17) is 9.52 Å². The highest BCUT2D eigenvalue weighted by molar-refractivity contribution is 9.10. The molecule has 0 saturated carbocycles. The molecule has 4 rings (SSSR count). The first kappa shape index (κ1) is 18.0. The number of nitrogens with zero attached hydrogens (tertiary/aromatic N) is 2. The van der Waals surface area contributed by atoms with Gasteiger partial charge in [0.05, 0.1) is 10.2 Å². The number of aromatic carboxylic acids is 1. The molecule has 0 unspecified atom stereocenters. The predicted octanol–water partition coefficient (Wildman–Crippen LogP) is 4.35. The maximum Gasteiger partial charge on any atom is 0.371 e. The molecule has 0 atom stereocenters. The van der Waals surface area contributed by atoms with Crippen molar-refractivity contribution in [2.45, 2.75) is 6.54 Å². The van der Waals surface area contributed by atoms with Gasteiger partial charge in [0.1, 0.15) is 11.4 Å². The van der Waals surface area contributed by atoms with Gasteiger partial charge < -0.3 is 14.4 Å². The molecule has 0 amide bonds. The summed E-state index contributed by atoms with van der Waals surface area (Å²) in [6.07, 6.45) is 0. The summed E-state index contributed by atoms with van der Waals surface area (Å²) in [5.41, 5.74) is 2.69. The maximum atomic E-state index is 13.0. The number of halogens is 2. The molecule has 2 heterocycles. The van der Waals surface area contributed by atoms with Gasteiger partial charge in [0.15, 0.2) is 0 Å². The average molecular weight is 433 g/mol. The molecule has 0 spiro atoms. The molecule has 140 valence electrons. The fourth-order valence-electron chi connectivity index (χ4n) is 3.41. The van der Waals surface area contributed by atoms with Crippen molar-refractivity contribution in [3.63, 3.8) is 0 Å². The van der Waals surface area contributed by atoms with Crippen LogP contribution in [-0.2, 0) is 6.54 Å². The molecule has 1 aromatic heterocycles. The van der Waals surface area contributed by atoms with Crippen LogP contribution in [0.15, 0.2) is 51.4 Å². The SMILES string of the molecule is O=C(O)c1cc2c(Br)c(N3CCN(Cc4ccc(F)cc4)CC3)ccc2o1. The molecular weight excluding hydrogens is 415 g/mol. The van der Waals surface area contributed by atoms with Gasteiger partial charge in [0, 0.05) is 44.2 Å². The monoisotopic (exact) mass is 432 g/mol. The zero-order chi connectivity index (χ0) is 19.0. The smallest absolute Gasteiger partial charge is 0.371 e. The summed E-state index contributed by atoms with van der Waals surface area (Å²) in [5, 5.41) is 9.88. The molecule has 0 bridgehead atoms. The fourth-order valence-corrected chi connectivity index (χ4v) is 4.10. The Morgan fingerprint density at radius 1 is 1.11 bits per heavy atom. The van der Waals surface area contributed by atoms with Crippen LogP contribution in [0.3, 0.4) is 0 Å². The van der Waals surface area contributed by atoms with Gasteiger partial charge in [-0.05, 0) is 45.8 Å².